The number of carbonyl (C=O) groups is 1. The number of thioether (sulfide) groups is 1. The van der Waals surface area contributed by atoms with E-state index in [1.165, 1.54) is 47.4 Å². The number of amides is 1. The van der Waals surface area contributed by atoms with Crippen LogP contribution in [-0.4, -0.2) is 33.5 Å². The van der Waals surface area contributed by atoms with Crippen LogP contribution in [0.5, 0.6) is 5.75 Å². The summed E-state index contributed by atoms with van der Waals surface area (Å²) in [5, 5.41) is 15.4. The molecule has 35 heavy (non-hydrogen) atoms. The fourth-order valence-corrected chi connectivity index (χ4v) is 5.74. The second kappa shape index (κ2) is 11.0. The van der Waals surface area contributed by atoms with Crippen LogP contribution in [-0.2, 0) is 11.2 Å². The first kappa shape index (κ1) is 23.4. The van der Waals surface area contributed by atoms with E-state index in [4.69, 9.17) is 4.74 Å². The van der Waals surface area contributed by atoms with Gasteiger partial charge in [0.1, 0.15) is 11.6 Å². The number of aromatic nitrogens is 3. The number of ether oxygens (including phenoxy) is 1. The van der Waals surface area contributed by atoms with Crippen molar-refractivity contribution in [3.05, 3.63) is 78.1 Å². The van der Waals surface area contributed by atoms with Gasteiger partial charge < -0.3 is 14.6 Å². The Bertz CT molecular complexity index is 1310. The third-order valence-electron chi connectivity index (χ3n) is 6.62. The van der Waals surface area contributed by atoms with E-state index in [1.807, 2.05) is 24.3 Å². The molecule has 1 aliphatic carbocycles. The molecule has 1 aromatic heterocycles. The molecule has 0 bridgehead atoms. The van der Waals surface area contributed by atoms with Crippen molar-refractivity contribution in [2.24, 2.45) is 0 Å². The molecule has 4 aromatic rings. The van der Waals surface area contributed by atoms with E-state index >= 15 is 0 Å². The molecule has 180 valence electrons. The average Bonchev–Trinajstić information content (AvgIpc) is 3.31. The van der Waals surface area contributed by atoms with Crippen molar-refractivity contribution < 1.29 is 9.53 Å². The number of hydrogen-bond donors (Lipinski definition) is 1. The maximum atomic E-state index is 12.7. The summed E-state index contributed by atoms with van der Waals surface area (Å²) >= 11 is 1.45. The Kier molecular flexibility index (Phi) is 7.33. The second-order valence-corrected chi connectivity index (χ2v) is 9.86. The number of fused-ring (bicyclic) bond motifs is 1. The van der Waals surface area contributed by atoms with E-state index in [1.54, 1.807) is 7.11 Å². The largest absolute Gasteiger partial charge is 0.495 e. The molecule has 0 spiro atoms. The molecule has 1 heterocycles. The molecule has 0 saturated heterocycles. The Hall–Kier alpha value is -3.32. The van der Waals surface area contributed by atoms with Gasteiger partial charge in [0.05, 0.1) is 18.6 Å². The van der Waals surface area contributed by atoms with Crippen LogP contribution in [0.4, 0.5) is 5.69 Å². The number of para-hydroxylation sites is 2. The second-order valence-electron chi connectivity index (χ2n) is 8.91. The van der Waals surface area contributed by atoms with Gasteiger partial charge in [0.2, 0.25) is 5.91 Å². The van der Waals surface area contributed by atoms with E-state index in [2.05, 4.69) is 62.5 Å². The quantitative estimate of drug-likeness (QED) is 0.297. The van der Waals surface area contributed by atoms with Crippen molar-refractivity contribution in [2.75, 3.05) is 18.2 Å². The first-order valence-corrected chi connectivity index (χ1v) is 13.2. The zero-order valence-corrected chi connectivity index (χ0v) is 20.8. The van der Waals surface area contributed by atoms with Gasteiger partial charge >= 0.3 is 0 Å². The molecule has 5 rings (SSSR count). The maximum absolute atomic E-state index is 12.7. The van der Waals surface area contributed by atoms with Gasteiger partial charge in [-0.15, -0.1) is 10.2 Å². The Morgan fingerprint density at radius 3 is 2.63 bits per heavy atom. The van der Waals surface area contributed by atoms with Crippen LogP contribution in [0.2, 0.25) is 0 Å². The van der Waals surface area contributed by atoms with E-state index in [0.717, 1.165) is 30.2 Å². The monoisotopic (exact) mass is 486 g/mol. The van der Waals surface area contributed by atoms with Crippen LogP contribution in [0.3, 0.4) is 0 Å². The van der Waals surface area contributed by atoms with Crippen molar-refractivity contribution >= 4 is 34.1 Å². The van der Waals surface area contributed by atoms with E-state index in [-0.39, 0.29) is 11.7 Å². The highest BCUT2D eigenvalue weighted by Crippen LogP contribution is 2.34. The van der Waals surface area contributed by atoms with Crippen molar-refractivity contribution in [1.82, 2.24) is 14.8 Å². The summed E-state index contributed by atoms with van der Waals surface area (Å²) in [6.45, 7) is 0. The first-order chi connectivity index (χ1) is 17.2. The molecular weight excluding hydrogens is 456 g/mol. The number of rotatable bonds is 8. The summed E-state index contributed by atoms with van der Waals surface area (Å²) in [4.78, 5) is 12.7. The van der Waals surface area contributed by atoms with Gasteiger partial charge in [-0.2, -0.15) is 0 Å². The standard InChI is InChI=1S/C28H30N4O2S/c1-34-25-17-8-7-16-24(25)29-27(33)19-35-28-31-30-26(32(28)22-13-3-2-4-14-22)18-21-12-9-11-20-10-5-6-15-23(20)21/h5-12,15-17,22H,2-4,13-14,18-19H2,1H3,(H,29,33). The topological polar surface area (TPSA) is 69.0 Å². The SMILES string of the molecule is COc1ccccc1NC(=O)CSc1nnc(Cc2cccc3ccccc23)n1C1CCCCC1. The van der Waals surface area contributed by atoms with Crippen LogP contribution < -0.4 is 10.1 Å². The van der Waals surface area contributed by atoms with Crippen molar-refractivity contribution in [2.45, 2.75) is 49.7 Å². The molecule has 1 N–H and O–H groups in total. The van der Waals surface area contributed by atoms with Gasteiger partial charge in [0.25, 0.3) is 0 Å². The molecule has 1 amide bonds. The molecule has 0 aliphatic heterocycles. The number of carbonyl (C=O) groups excluding carboxylic acids is 1. The molecule has 3 aromatic carbocycles. The number of benzene rings is 3. The van der Waals surface area contributed by atoms with Crippen molar-refractivity contribution in [1.29, 1.82) is 0 Å². The lowest BCUT2D eigenvalue weighted by atomic mass is 9.95. The lowest BCUT2D eigenvalue weighted by Gasteiger charge is -2.25. The van der Waals surface area contributed by atoms with E-state index in [9.17, 15) is 4.79 Å². The summed E-state index contributed by atoms with van der Waals surface area (Å²) in [5.41, 5.74) is 1.92. The van der Waals surface area contributed by atoms with Crippen LogP contribution in [0, 0.1) is 0 Å². The summed E-state index contributed by atoms with van der Waals surface area (Å²) < 4.78 is 7.66. The summed E-state index contributed by atoms with van der Waals surface area (Å²) in [5.74, 6) is 1.79. The van der Waals surface area contributed by atoms with Gasteiger partial charge in [0.15, 0.2) is 5.16 Å². The fourth-order valence-electron chi connectivity index (χ4n) is 4.91. The first-order valence-electron chi connectivity index (χ1n) is 12.2. The molecule has 1 saturated carbocycles. The minimum Gasteiger partial charge on any atom is -0.495 e. The summed E-state index contributed by atoms with van der Waals surface area (Å²) in [6.07, 6.45) is 6.69. The number of nitrogens with zero attached hydrogens (tertiary/aromatic N) is 3. The molecule has 6 nitrogen and oxygen atoms in total. The molecular formula is C28H30N4O2S. The Morgan fingerprint density at radius 1 is 1.00 bits per heavy atom. The van der Waals surface area contributed by atoms with Gasteiger partial charge in [-0.05, 0) is 41.3 Å². The lowest BCUT2D eigenvalue weighted by Crippen LogP contribution is -2.18. The van der Waals surface area contributed by atoms with Crippen molar-refractivity contribution in [3.63, 3.8) is 0 Å². The van der Waals surface area contributed by atoms with Crippen LogP contribution in [0.15, 0.2) is 71.9 Å². The van der Waals surface area contributed by atoms with Crippen LogP contribution in [0.1, 0.15) is 49.5 Å². The highest BCUT2D eigenvalue weighted by molar-refractivity contribution is 7.99. The summed E-state index contributed by atoms with van der Waals surface area (Å²) in [6, 6.07) is 22.7. The fraction of sp³-hybridized carbons (Fsp3) is 0.321. The molecule has 1 aliphatic rings. The zero-order valence-electron chi connectivity index (χ0n) is 19.9. The Balaban J connectivity index is 1.37. The van der Waals surface area contributed by atoms with Crippen molar-refractivity contribution in [3.8, 4) is 5.75 Å². The predicted molar refractivity (Wildman–Crippen MR) is 141 cm³/mol. The smallest absolute Gasteiger partial charge is 0.234 e. The lowest BCUT2D eigenvalue weighted by molar-refractivity contribution is -0.113. The predicted octanol–water partition coefficient (Wildman–Crippen LogP) is 6.27. The minimum atomic E-state index is -0.0895. The Morgan fingerprint density at radius 2 is 1.77 bits per heavy atom. The number of nitrogens with one attached hydrogen (secondary N) is 1. The highest BCUT2D eigenvalue weighted by Gasteiger charge is 2.24. The van der Waals surface area contributed by atoms with Gasteiger partial charge in [-0.1, -0.05) is 85.6 Å². The molecule has 0 unspecified atom stereocenters. The van der Waals surface area contributed by atoms with Crippen LogP contribution >= 0.6 is 11.8 Å². The molecule has 7 heteroatoms. The van der Waals surface area contributed by atoms with Gasteiger partial charge in [0, 0.05) is 12.5 Å². The zero-order chi connectivity index (χ0) is 24.0. The van der Waals surface area contributed by atoms with Crippen LogP contribution in [0.25, 0.3) is 10.8 Å². The Labute approximate surface area is 210 Å². The van der Waals surface area contributed by atoms with Gasteiger partial charge in [-0.25, -0.2) is 0 Å². The maximum Gasteiger partial charge on any atom is 0.234 e. The van der Waals surface area contributed by atoms with Gasteiger partial charge in [-0.3, -0.25) is 4.79 Å². The number of hydrogen-bond acceptors (Lipinski definition) is 5. The summed E-state index contributed by atoms with van der Waals surface area (Å²) in [7, 11) is 1.60. The molecule has 1 fully saturated rings. The third kappa shape index (κ3) is 5.35. The van der Waals surface area contributed by atoms with E-state index in [0.29, 0.717) is 17.5 Å². The average molecular weight is 487 g/mol. The molecule has 0 radical (unpaired) electrons. The third-order valence-corrected chi connectivity index (χ3v) is 7.56. The minimum absolute atomic E-state index is 0.0895. The number of anilines is 1. The molecule has 0 atom stereocenters. The van der Waals surface area contributed by atoms with E-state index < -0.39 is 0 Å². The highest BCUT2D eigenvalue weighted by atomic mass is 32.2. The number of methoxy groups -OCH3 is 1. The normalized spacial score (nSPS) is 14.2.